The molecule has 134 valence electrons. The van der Waals surface area contributed by atoms with Crippen LogP contribution in [0.5, 0.6) is 0 Å². The summed E-state index contributed by atoms with van der Waals surface area (Å²) in [7, 11) is 0. The van der Waals surface area contributed by atoms with Crippen LogP contribution in [0.1, 0.15) is 19.9 Å². The van der Waals surface area contributed by atoms with Gasteiger partial charge in [0, 0.05) is 5.69 Å². The van der Waals surface area contributed by atoms with Crippen molar-refractivity contribution < 1.29 is 9.18 Å². The van der Waals surface area contributed by atoms with E-state index in [4.69, 9.17) is 0 Å². The van der Waals surface area contributed by atoms with Crippen molar-refractivity contribution in [2.45, 2.75) is 19.9 Å². The minimum atomic E-state index is -1.04. The normalized spacial score (nSPS) is 12.3. The fraction of sp³-hybridized carbons (Fsp3) is 0.211. The van der Waals surface area contributed by atoms with Gasteiger partial charge in [0.2, 0.25) is 5.91 Å². The molecule has 3 rings (SSSR count). The van der Waals surface area contributed by atoms with Crippen LogP contribution in [0, 0.1) is 11.7 Å². The minimum Gasteiger partial charge on any atom is -0.324 e. The van der Waals surface area contributed by atoms with Gasteiger partial charge in [-0.05, 0) is 36.2 Å². The number of fused-ring (bicyclic) bond motifs is 1. The van der Waals surface area contributed by atoms with Crippen LogP contribution in [0.4, 0.5) is 10.1 Å². The third-order valence-corrected chi connectivity index (χ3v) is 4.11. The summed E-state index contributed by atoms with van der Waals surface area (Å²) in [4.78, 5) is 40.7. The Balaban J connectivity index is 2.08. The molecule has 1 aromatic heterocycles. The lowest BCUT2D eigenvalue weighted by atomic mass is 10.0. The fourth-order valence-corrected chi connectivity index (χ4v) is 2.93. The van der Waals surface area contributed by atoms with Crippen molar-refractivity contribution >= 4 is 22.5 Å². The number of nitrogens with zero attached hydrogens (tertiary/aromatic N) is 1. The van der Waals surface area contributed by atoms with Gasteiger partial charge in [0.1, 0.15) is 11.9 Å². The molecule has 0 saturated heterocycles. The molecule has 7 heteroatoms. The van der Waals surface area contributed by atoms with Gasteiger partial charge in [0.25, 0.3) is 5.56 Å². The van der Waals surface area contributed by atoms with Gasteiger partial charge in [-0.2, -0.15) is 0 Å². The van der Waals surface area contributed by atoms with Crippen LogP contribution in [0.25, 0.3) is 10.9 Å². The first-order valence-corrected chi connectivity index (χ1v) is 8.18. The molecule has 2 N–H and O–H groups in total. The molecule has 1 atom stereocenters. The highest BCUT2D eigenvalue weighted by molar-refractivity contribution is 5.94. The van der Waals surface area contributed by atoms with E-state index in [9.17, 15) is 18.8 Å². The Morgan fingerprint density at radius 2 is 1.85 bits per heavy atom. The number of aromatic nitrogens is 2. The molecule has 0 saturated carbocycles. The predicted molar refractivity (Wildman–Crippen MR) is 97.7 cm³/mol. The second-order valence-corrected chi connectivity index (χ2v) is 6.34. The van der Waals surface area contributed by atoms with E-state index >= 15 is 0 Å². The lowest BCUT2D eigenvalue weighted by Crippen LogP contribution is -2.44. The largest absolute Gasteiger partial charge is 0.329 e. The number of anilines is 1. The maximum absolute atomic E-state index is 13.3. The lowest BCUT2D eigenvalue weighted by molar-refractivity contribution is -0.120. The van der Waals surface area contributed by atoms with E-state index in [1.54, 1.807) is 38.1 Å². The molecule has 0 aliphatic carbocycles. The maximum Gasteiger partial charge on any atom is 0.329 e. The molecular formula is C19H18FN3O3. The van der Waals surface area contributed by atoms with Crippen LogP contribution >= 0.6 is 0 Å². The monoisotopic (exact) mass is 355 g/mol. The van der Waals surface area contributed by atoms with Crippen LogP contribution in [0.3, 0.4) is 0 Å². The van der Waals surface area contributed by atoms with Crippen molar-refractivity contribution in [2.24, 2.45) is 5.92 Å². The molecule has 0 spiro atoms. The number of carbonyl (C=O) groups is 1. The van der Waals surface area contributed by atoms with E-state index in [1.807, 2.05) is 0 Å². The van der Waals surface area contributed by atoms with Gasteiger partial charge in [-0.25, -0.2) is 13.8 Å². The number of aromatic amines is 1. The molecule has 0 aliphatic heterocycles. The average molecular weight is 355 g/mol. The molecule has 1 unspecified atom stereocenters. The van der Waals surface area contributed by atoms with E-state index in [0.717, 1.165) is 4.57 Å². The first-order valence-electron chi connectivity index (χ1n) is 8.18. The van der Waals surface area contributed by atoms with Crippen LogP contribution in [0.15, 0.2) is 58.1 Å². The molecule has 6 nitrogen and oxygen atoms in total. The summed E-state index contributed by atoms with van der Waals surface area (Å²) in [5.74, 6) is -1.40. The number of hydrogen-bond donors (Lipinski definition) is 2. The summed E-state index contributed by atoms with van der Waals surface area (Å²) in [5.41, 5.74) is -0.544. The zero-order valence-corrected chi connectivity index (χ0v) is 14.3. The predicted octanol–water partition coefficient (Wildman–Crippen LogP) is 2.66. The molecule has 3 aromatic rings. The van der Waals surface area contributed by atoms with Crippen LogP contribution in [-0.2, 0) is 4.79 Å². The summed E-state index contributed by atoms with van der Waals surface area (Å²) in [6.07, 6.45) is 0. The fourth-order valence-electron chi connectivity index (χ4n) is 2.93. The highest BCUT2D eigenvalue weighted by Crippen LogP contribution is 2.19. The van der Waals surface area contributed by atoms with E-state index in [2.05, 4.69) is 10.3 Å². The van der Waals surface area contributed by atoms with Crippen molar-refractivity contribution in [3.8, 4) is 0 Å². The van der Waals surface area contributed by atoms with Gasteiger partial charge < -0.3 is 10.3 Å². The van der Waals surface area contributed by atoms with Crippen molar-refractivity contribution in [2.75, 3.05) is 5.32 Å². The second-order valence-electron chi connectivity index (χ2n) is 6.34. The van der Waals surface area contributed by atoms with Gasteiger partial charge in [0.05, 0.1) is 10.9 Å². The Morgan fingerprint density at radius 1 is 1.12 bits per heavy atom. The number of benzene rings is 2. The Hall–Kier alpha value is -3.22. The smallest absolute Gasteiger partial charge is 0.324 e. The number of para-hydroxylation sites is 1. The van der Waals surface area contributed by atoms with Crippen molar-refractivity contribution in [1.82, 2.24) is 9.55 Å². The van der Waals surface area contributed by atoms with E-state index in [1.165, 1.54) is 24.3 Å². The second kappa shape index (κ2) is 6.95. The van der Waals surface area contributed by atoms with E-state index < -0.39 is 29.0 Å². The van der Waals surface area contributed by atoms with Gasteiger partial charge in [0.15, 0.2) is 0 Å². The van der Waals surface area contributed by atoms with Crippen LogP contribution < -0.4 is 16.6 Å². The Bertz CT molecular complexity index is 1090. The number of rotatable bonds is 4. The third kappa shape index (κ3) is 3.28. The van der Waals surface area contributed by atoms with Crippen molar-refractivity contribution in [3.63, 3.8) is 0 Å². The summed E-state index contributed by atoms with van der Waals surface area (Å²) < 4.78 is 14.3. The van der Waals surface area contributed by atoms with Crippen LogP contribution in [-0.4, -0.2) is 15.5 Å². The Labute approximate surface area is 148 Å². The third-order valence-electron chi connectivity index (χ3n) is 4.11. The highest BCUT2D eigenvalue weighted by atomic mass is 19.1. The first-order chi connectivity index (χ1) is 12.4. The van der Waals surface area contributed by atoms with Crippen LogP contribution in [0.2, 0.25) is 0 Å². The molecule has 0 fully saturated rings. The number of carbonyl (C=O) groups excluding carboxylic acids is 1. The van der Waals surface area contributed by atoms with E-state index in [0.29, 0.717) is 10.9 Å². The molecular weight excluding hydrogens is 337 g/mol. The van der Waals surface area contributed by atoms with Crippen molar-refractivity contribution in [3.05, 3.63) is 75.2 Å². The zero-order chi connectivity index (χ0) is 18.8. The quantitative estimate of drug-likeness (QED) is 0.755. The molecule has 0 bridgehead atoms. The van der Waals surface area contributed by atoms with Gasteiger partial charge in [-0.3, -0.25) is 9.59 Å². The van der Waals surface area contributed by atoms with Crippen molar-refractivity contribution in [1.29, 1.82) is 0 Å². The number of nitrogens with one attached hydrogen (secondary N) is 2. The molecule has 1 heterocycles. The Morgan fingerprint density at radius 3 is 2.54 bits per heavy atom. The van der Waals surface area contributed by atoms with Gasteiger partial charge in [-0.1, -0.05) is 32.0 Å². The molecule has 0 radical (unpaired) electrons. The molecule has 0 aliphatic rings. The summed E-state index contributed by atoms with van der Waals surface area (Å²) in [6.45, 7) is 3.47. The Kier molecular flexibility index (Phi) is 4.71. The SMILES string of the molecule is CC(C)C(C(=O)Nc1cccc(F)c1)n1c(=O)[nH]c2ccccc2c1=O. The van der Waals surface area contributed by atoms with Gasteiger partial charge in [-0.15, -0.1) is 0 Å². The average Bonchev–Trinajstić information content (AvgIpc) is 2.58. The van der Waals surface area contributed by atoms with Gasteiger partial charge >= 0.3 is 5.69 Å². The lowest BCUT2D eigenvalue weighted by Gasteiger charge is -2.22. The standard InChI is InChI=1S/C19H18FN3O3/c1-11(2)16(17(24)21-13-7-5-6-12(20)10-13)23-18(25)14-8-3-4-9-15(14)22-19(23)26/h3-11,16H,1-2H3,(H,21,24)(H,22,26). The topological polar surface area (TPSA) is 84.0 Å². The summed E-state index contributed by atoms with van der Waals surface area (Å²) in [6, 6.07) is 11.0. The number of halogens is 1. The molecule has 2 aromatic carbocycles. The molecule has 1 amide bonds. The van der Waals surface area contributed by atoms with E-state index in [-0.39, 0.29) is 11.6 Å². The minimum absolute atomic E-state index is 0.255. The maximum atomic E-state index is 13.3. The number of hydrogen-bond acceptors (Lipinski definition) is 3. The first kappa shape index (κ1) is 17.6. The highest BCUT2D eigenvalue weighted by Gasteiger charge is 2.28. The number of H-pyrrole nitrogens is 1. The zero-order valence-electron chi connectivity index (χ0n) is 14.3. The summed E-state index contributed by atoms with van der Waals surface area (Å²) in [5, 5.41) is 2.89. The summed E-state index contributed by atoms with van der Waals surface area (Å²) >= 11 is 0. The number of amides is 1. The molecule has 26 heavy (non-hydrogen) atoms.